The van der Waals surface area contributed by atoms with Gasteiger partial charge in [0, 0.05) is 39.1 Å². The smallest absolute Gasteiger partial charge is 0.328 e. The van der Waals surface area contributed by atoms with Gasteiger partial charge in [-0.3, -0.25) is 19.1 Å². The number of aromatic amines is 1. The van der Waals surface area contributed by atoms with E-state index in [9.17, 15) is 14.4 Å². The van der Waals surface area contributed by atoms with E-state index in [-0.39, 0.29) is 11.2 Å². The maximum atomic E-state index is 12.5. The zero-order valence-electron chi connectivity index (χ0n) is 20.1. The summed E-state index contributed by atoms with van der Waals surface area (Å²) in [6, 6.07) is 11.0. The van der Waals surface area contributed by atoms with E-state index in [0.29, 0.717) is 22.7 Å². The molecule has 1 saturated heterocycles. The maximum absolute atomic E-state index is 12.5. The van der Waals surface area contributed by atoms with Crippen molar-refractivity contribution in [1.82, 2.24) is 19.4 Å². The molecule has 1 aliphatic carbocycles. The molecule has 5 rings (SSSR count). The summed E-state index contributed by atoms with van der Waals surface area (Å²) in [6.45, 7) is 6.49. The van der Waals surface area contributed by atoms with Crippen molar-refractivity contribution in [2.75, 3.05) is 26.2 Å². The highest BCUT2D eigenvalue weighted by atomic mass is 16.3. The van der Waals surface area contributed by atoms with Crippen molar-refractivity contribution >= 4 is 16.8 Å². The third kappa shape index (κ3) is 5.67. The number of H-pyrrole nitrogens is 1. The third-order valence-corrected chi connectivity index (χ3v) is 6.82. The van der Waals surface area contributed by atoms with Crippen LogP contribution in [0.5, 0.6) is 0 Å². The summed E-state index contributed by atoms with van der Waals surface area (Å²) in [6.07, 6.45) is 5.97. The van der Waals surface area contributed by atoms with Gasteiger partial charge in [-0.1, -0.05) is 31.4 Å². The fourth-order valence-electron chi connectivity index (χ4n) is 4.78. The molecule has 0 bridgehead atoms. The third-order valence-electron chi connectivity index (χ3n) is 6.82. The van der Waals surface area contributed by atoms with Gasteiger partial charge in [0.25, 0.3) is 5.56 Å². The molecule has 34 heavy (non-hydrogen) atoms. The van der Waals surface area contributed by atoms with Crippen LogP contribution in [0.2, 0.25) is 0 Å². The molecule has 2 aromatic heterocycles. The van der Waals surface area contributed by atoms with Crippen molar-refractivity contribution in [3.05, 3.63) is 68.8 Å². The molecule has 0 unspecified atom stereocenters. The number of para-hydroxylation sites is 1. The largest absolute Gasteiger partial charge is 0.465 e. The first-order chi connectivity index (χ1) is 16.4. The molecular weight excluding hydrogens is 432 g/mol. The van der Waals surface area contributed by atoms with Gasteiger partial charge in [0.15, 0.2) is 0 Å². The summed E-state index contributed by atoms with van der Waals surface area (Å²) in [5, 5.41) is 0.532. The molecule has 8 nitrogen and oxygen atoms in total. The van der Waals surface area contributed by atoms with Gasteiger partial charge in [0.1, 0.15) is 11.5 Å². The summed E-state index contributed by atoms with van der Waals surface area (Å²) in [7, 11) is 1.45. The molecule has 2 fully saturated rings. The quantitative estimate of drug-likeness (QED) is 0.641. The SMILES string of the molecule is Cc1ccc(CN2CCN(C(=O)C3CCCCC3)CC2)o1.Cn1c(=O)[nH]c2ccccc2c1=O. The van der Waals surface area contributed by atoms with Crippen molar-refractivity contribution in [2.24, 2.45) is 13.0 Å². The number of benzene rings is 1. The lowest BCUT2D eigenvalue weighted by Crippen LogP contribution is -2.50. The molecule has 1 amide bonds. The van der Waals surface area contributed by atoms with Gasteiger partial charge in [-0.05, 0) is 44.0 Å². The van der Waals surface area contributed by atoms with E-state index in [1.165, 1.54) is 26.3 Å². The Morgan fingerprint density at radius 2 is 1.71 bits per heavy atom. The second-order valence-electron chi connectivity index (χ2n) is 9.29. The van der Waals surface area contributed by atoms with E-state index in [2.05, 4.69) is 20.9 Å². The Kier molecular flexibility index (Phi) is 7.67. The average molecular weight is 467 g/mol. The molecule has 8 heteroatoms. The minimum absolute atomic E-state index is 0.264. The highest BCUT2D eigenvalue weighted by Gasteiger charge is 2.28. The Hall–Kier alpha value is -3.13. The zero-order valence-corrected chi connectivity index (χ0v) is 20.1. The Morgan fingerprint density at radius 3 is 2.38 bits per heavy atom. The van der Waals surface area contributed by atoms with E-state index >= 15 is 0 Å². The number of rotatable bonds is 3. The number of aromatic nitrogens is 2. The Balaban J connectivity index is 0.000000180. The predicted octanol–water partition coefficient (Wildman–Crippen LogP) is 3.04. The standard InChI is InChI=1S/C17H26N2O2.C9H8N2O2/c1-14-7-8-16(21-14)13-18-9-11-19(12-10-18)17(20)15-5-3-2-4-6-15;1-11-8(12)6-4-2-3-5-7(6)10-9(11)13/h7-8,15H,2-6,9-13H2,1H3;2-5H,1H3,(H,10,13). The van der Waals surface area contributed by atoms with E-state index in [4.69, 9.17) is 4.42 Å². The highest BCUT2D eigenvalue weighted by Crippen LogP contribution is 2.26. The number of amides is 1. The van der Waals surface area contributed by atoms with Gasteiger partial charge in [0.2, 0.25) is 5.91 Å². The van der Waals surface area contributed by atoms with Crippen molar-refractivity contribution in [3.63, 3.8) is 0 Å². The van der Waals surface area contributed by atoms with Crippen LogP contribution in [0.15, 0.2) is 50.4 Å². The lowest BCUT2D eigenvalue weighted by atomic mass is 9.88. The number of aryl methyl sites for hydroxylation is 1. The topological polar surface area (TPSA) is 91.5 Å². The van der Waals surface area contributed by atoms with Crippen LogP contribution in [-0.4, -0.2) is 51.4 Å². The van der Waals surface area contributed by atoms with Crippen molar-refractivity contribution in [2.45, 2.75) is 45.6 Å². The molecule has 1 N–H and O–H groups in total. The normalized spacial score (nSPS) is 17.4. The van der Waals surface area contributed by atoms with E-state index in [0.717, 1.165) is 61.7 Å². The van der Waals surface area contributed by atoms with Gasteiger partial charge in [-0.2, -0.15) is 0 Å². The van der Waals surface area contributed by atoms with Gasteiger partial charge in [-0.25, -0.2) is 4.79 Å². The fraction of sp³-hybridized carbons (Fsp3) is 0.500. The Bertz CT molecular complexity index is 1230. The summed E-state index contributed by atoms with van der Waals surface area (Å²) in [5.74, 6) is 2.71. The molecule has 3 aromatic rings. The lowest BCUT2D eigenvalue weighted by molar-refractivity contribution is -0.138. The van der Waals surface area contributed by atoms with Crippen LogP contribution in [-0.2, 0) is 18.4 Å². The van der Waals surface area contributed by atoms with Gasteiger partial charge in [0.05, 0.1) is 17.4 Å². The number of nitrogens with one attached hydrogen (secondary N) is 1. The molecule has 0 radical (unpaired) electrons. The first kappa shape index (κ1) is 24.0. The number of piperazine rings is 1. The second-order valence-corrected chi connectivity index (χ2v) is 9.29. The van der Waals surface area contributed by atoms with Crippen LogP contribution in [0.1, 0.15) is 43.6 Å². The Morgan fingerprint density at radius 1 is 1.00 bits per heavy atom. The van der Waals surface area contributed by atoms with Crippen LogP contribution in [0, 0.1) is 12.8 Å². The van der Waals surface area contributed by atoms with E-state index in [1.54, 1.807) is 24.3 Å². The van der Waals surface area contributed by atoms with E-state index < -0.39 is 0 Å². The van der Waals surface area contributed by atoms with Gasteiger partial charge in [-0.15, -0.1) is 0 Å². The summed E-state index contributed by atoms with van der Waals surface area (Å²) in [4.78, 5) is 42.2. The summed E-state index contributed by atoms with van der Waals surface area (Å²) in [5.41, 5.74) is -0.0707. The monoisotopic (exact) mass is 466 g/mol. The summed E-state index contributed by atoms with van der Waals surface area (Å²) < 4.78 is 6.69. The minimum Gasteiger partial charge on any atom is -0.465 e. The highest BCUT2D eigenvalue weighted by molar-refractivity contribution is 5.79. The summed E-state index contributed by atoms with van der Waals surface area (Å²) >= 11 is 0. The van der Waals surface area contributed by atoms with Crippen molar-refractivity contribution in [3.8, 4) is 0 Å². The number of fused-ring (bicyclic) bond motifs is 1. The van der Waals surface area contributed by atoms with Crippen LogP contribution in [0.25, 0.3) is 10.9 Å². The molecule has 1 aliphatic heterocycles. The molecule has 0 spiro atoms. The van der Waals surface area contributed by atoms with E-state index in [1.807, 2.05) is 13.0 Å². The molecule has 3 heterocycles. The van der Waals surface area contributed by atoms with Gasteiger partial charge >= 0.3 is 5.69 Å². The fourth-order valence-corrected chi connectivity index (χ4v) is 4.78. The molecule has 182 valence electrons. The zero-order chi connectivity index (χ0) is 24.1. The Labute approximate surface area is 199 Å². The second kappa shape index (κ2) is 10.9. The van der Waals surface area contributed by atoms with Crippen LogP contribution < -0.4 is 11.2 Å². The van der Waals surface area contributed by atoms with Crippen LogP contribution in [0.4, 0.5) is 0 Å². The number of furan rings is 1. The number of carbonyl (C=O) groups excluding carboxylic acids is 1. The molecule has 0 atom stereocenters. The van der Waals surface area contributed by atoms with Crippen LogP contribution in [0.3, 0.4) is 0 Å². The number of nitrogens with zero attached hydrogens (tertiary/aromatic N) is 3. The first-order valence-electron chi connectivity index (χ1n) is 12.2. The molecular formula is C26H34N4O4. The number of hydrogen-bond acceptors (Lipinski definition) is 5. The maximum Gasteiger partial charge on any atom is 0.328 e. The lowest BCUT2D eigenvalue weighted by Gasteiger charge is -2.36. The molecule has 1 aromatic carbocycles. The van der Waals surface area contributed by atoms with Crippen molar-refractivity contribution in [1.29, 1.82) is 0 Å². The van der Waals surface area contributed by atoms with Gasteiger partial charge < -0.3 is 14.3 Å². The number of hydrogen-bond donors (Lipinski definition) is 1. The molecule has 1 saturated carbocycles. The predicted molar refractivity (Wildman–Crippen MR) is 132 cm³/mol. The minimum atomic E-state index is -0.385. The van der Waals surface area contributed by atoms with Crippen LogP contribution >= 0.6 is 0 Å². The number of carbonyl (C=O) groups is 1. The average Bonchev–Trinajstić information content (AvgIpc) is 3.28. The van der Waals surface area contributed by atoms with Crippen molar-refractivity contribution < 1.29 is 9.21 Å². The first-order valence-corrected chi connectivity index (χ1v) is 12.2. The molecule has 2 aliphatic rings.